The van der Waals surface area contributed by atoms with Gasteiger partial charge in [0.2, 0.25) is 0 Å². The first-order valence-corrected chi connectivity index (χ1v) is 11.1. The number of fused-ring (bicyclic) bond motifs is 3. The number of aromatic carboxylic acids is 1. The summed E-state index contributed by atoms with van der Waals surface area (Å²) in [6, 6.07) is 17.4. The minimum absolute atomic E-state index is 0.0757. The fraction of sp³-hybridized carbons (Fsp3) is 0.280. The van der Waals surface area contributed by atoms with Crippen LogP contribution in [0.4, 0.5) is 10.6 Å². The lowest BCUT2D eigenvalue weighted by molar-refractivity contribution is -0.125. The molecule has 2 amide bonds. The molecule has 0 saturated heterocycles. The smallest absolute Gasteiger partial charge is 0.408 e. The maximum atomic E-state index is 13.0. The zero-order valence-corrected chi connectivity index (χ0v) is 18.6. The van der Waals surface area contributed by atoms with Gasteiger partial charge in [0.15, 0.2) is 5.69 Å². The first-order valence-electron chi connectivity index (χ1n) is 11.1. The zero-order valence-electron chi connectivity index (χ0n) is 18.6. The molecular weight excluding hydrogens is 436 g/mol. The molecule has 1 fully saturated rings. The number of carboxylic acids is 1. The molecule has 9 nitrogen and oxygen atoms in total. The average Bonchev–Trinajstić information content (AvgIpc) is 3.33. The van der Waals surface area contributed by atoms with Gasteiger partial charge in [-0.2, -0.15) is 5.10 Å². The monoisotopic (exact) mass is 460 g/mol. The molecule has 9 heteroatoms. The topological polar surface area (TPSA) is 123 Å². The van der Waals surface area contributed by atoms with E-state index >= 15 is 0 Å². The van der Waals surface area contributed by atoms with E-state index < -0.39 is 23.5 Å². The van der Waals surface area contributed by atoms with Gasteiger partial charge < -0.3 is 20.5 Å². The van der Waals surface area contributed by atoms with E-state index in [9.17, 15) is 14.4 Å². The fourth-order valence-corrected chi connectivity index (χ4v) is 4.69. The number of carbonyl (C=O) groups is 3. The average molecular weight is 460 g/mol. The standard InChI is InChI=1S/C25H24N4O5/c1-29-21(13-20(28-29)22(30)31)26-23(32)25(11-6-12-25)27-24(33)34-14-19-17-9-4-2-7-15(17)16-8-3-5-10-18(16)19/h2-5,7-10,13,19H,6,11-12,14H2,1H3,(H,26,32)(H,27,33)(H,30,31). The van der Waals surface area contributed by atoms with Gasteiger partial charge in [-0.1, -0.05) is 48.5 Å². The van der Waals surface area contributed by atoms with Gasteiger partial charge in [0.25, 0.3) is 5.91 Å². The Bertz CT molecular complexity index is 1250. The molecule has 1 saturated carbocycles. The van der Waals surface area contributed by atoms with Gasteiger partial charge in [-0.15, -0.1) is 0 Å². The van der Waals surface area contributed by atoms with E-state index in [1.54, 1.807) is 0 Å². The molecule has 0 radical (unpaired) electrons. The van der Waals surface area contributed by atoms with Gasteiger partial charge in [0, 0.05) is 19.0 Å². The molecule has 0 unspecified atom stereocenters. The molecular formula is C25H24N4O5. The first kappa shape index (κ1) is 21.7. The van der Waals surface area contributed by atoms with E-state index in [4.69, 9.17) is 9.84 Å². The van der Waals surface area contributed by atoms with E-state index in [1.165, 1.54) is 17.8 Å². The SMILES string of the molecule is Cn1nc(C(=O)O)cc1NC(=O)C1(NC(=O)OCC2c3ccccc3-c3ccccc32)CCC1. The second-order valence-electron chi connectivity index (χ2n) is 8.68. The van der Waals surface area contributed by atoms with Crippen molar-refractivity contribution in [3.8, 4) is 11.1 Å². The maximum Gasteiger partial charge on any atom is 0.408 e. The number of carboxylic acid groups (broad SMARTS) is 1. The van der Waals surface area contributed by atoms with Crippen molar-refractivity contribution in [3.05, 3.63) is 71.4 Å². The highest BCUT2D eigenvalue weighted by molar-refractivity contribution is 6.00. The van der Waals surface area contributed by atoms with Crippen LogP contribution in [0.5, 0.6) is 0 Å². The number of anilines is 1. The van der Waals surface area contributed by atoms with Gasteiger partial charge in [-0.3, -0.25) is 9.48 Å². The third kappa shape index (κ3) is 3.68. The van der Waals surface area contributed by atoms with Crippen LogP contribution < -0.4 is 10.6 Å². The van der Waals surface area contributed by atoms with Crippen molar-refractivity contribution < 1.29 is 24.2 Å². The number of aryl methyl sites for hydroxylation is 1. The van der Waals surface area contributed by atoms with Crippen LogP contribution in [0.15, 0.2) is 54.6 Å². The number of nitrogens with one attached hydrogen (secondary N) is 2. The summed E-state index contributed by atoms with van der Waals surface area (Å²) < 4.78 is 6.88. The van der Waals surface area contributed by atoms with Crippen LogP contribution in [-0.2, 0) is 16.6 Å². The summed E-state index contributed by atoms with van der Waals surface area (Å²) in [6.45, 7) is 0.154. The molecule has 0 atom stereocenters. The molecule has 3 N–H and O–H groups in total. The Balaban J connectivity index is 1.26. The molecule has 2 aliphatic rings. The predicted molar refractivity (Wildman–Crippen MR) is 124 cm³/mol. The van der Waals surface area contributed by atoms with Gasteiger partial charge in [0.05, 0.1) is 0 Å². The molecule has 174 valence electrons. The van der Waals surface area contributed by atoms with Crippen molar-refractivity contribution in [2.24, 2.45) is 7.05 Å². The van der Waals surface area contributed by atoms with Crippen molar-refractivity contribution in [1.82, 2.24) is 15.1 Å². The number of ether oxygens (including phenoxy) is 1. The van der Waals surface area contributed by atoms with Crippen molar-refractivity contribution >= 4 is 23.8 Å². The number of alkyl carbamates (subject to hydrolysis) is 1. The lowest BCUT2D eigenvalue weighted by atomic mass is 9.76. The van der Waals surface area contributed by atoms with Gasteiger partial charge >= 0.3 is 12.1 Å². The summed E-state index contributed by atoms with van der Waals surface area (Å²) in [5.41, 5.74) is 3.22. The summed E-state index contributed by atoms with van der Waals surface area (Å²) in [5, 5.41) is 18.4. The van der Waals surface area contributed by atoms with Crippen LogP contribution in [0.3, 0.4) is 0 Å². The van der Waals surface area contributed by atoms with Gasteiger partial charge in [-0.05, 0) is 41.5 Å². The number of benzene rings is 2. The highest BCUT2D eigenvalue weighted by Gasteiger charge is 2.46. The number of rotatable bonds is 6. The first-order chi connectivity index (χ1) is 16.4. The van der Waals surface area contributed by atoms with Crippen LogP contribution in [0.25, 0.3) is 11.1 Å². The Morgan fingerprint density at radius 1 is 1.09 bits per heavy atom. The molecule has 0 aliphatic heterocycles. The largest absolute Gasteiger partial charge is 0.476 e. The molecule has 34 heavy (non-hydrogen) atoms. The van der Waals surface area contributed by atoms with Crippen molar-refractivity contribution in [2.75, 3.05) is 11.9 Å². The third-order valence-electron chi connectivity index (χ3n) is 6.67. The number of hydrogen-bond donors (Lipinski definition) is 3. The normalized spacial score (nSPS) is 15.6. The molecule has 1 heterocycles. The van der Waals surface area contributed by atoms with Crippen molar-refractivity contribution in [3.63, 3.8) is 0 Å². The number of carbonyl (C=O) groups excluding carboxylic acids is 2. The molecule has 5 rings (SSSR count). The third-order valence-corrected chi connectivity index (χ3v) is 6.67. The van der Waals surface area contributed by atoms with Gasteiger partial charge in [0.1, 0.15) is 18.0 Å². The van der Waals surface area contributed by atoms with Crippen LogP contribution >= 0.6 is 0 Å². The minimum atomic E-state index is -1.19. The fourth-order valence-electron chi connectivity index (χ4n) is 4.69. The number of aromatic nitrogens is 2. The second kappa shape index (κ2) is 8.33. The molecule has 1 aromatic heterocycles. The Morgan fingerprint density at radius 2 is 1.71 bits per heavy atom. The number of amides is 2. The zero-order chi connectivity index (χ0) is 23.9. The van der Waals surface area contributed by atoms with E-state index in [1.807, 2.05) is 36.4 Å². The Kier molecular flexibility index (Phi) is 5.31. The van der Waals surface area contributed by atoms with E-state index in [0.29, 0.717) is 12.8 Å². The Morgan fingerprint density at radius 3 is 2.24 bits per heavy atom. The highest BCUT2D eigenvalue weighted by Crippen LogP contribution is 2.44. The molecule has 0 bridgehead atoms. The highest BCUT2D eigenvalue weighted by atomic mass is 16.5. The molecule has 0 spiro atoms. The van der Waals surface area contributed by atoms with E-state index in [2.05, 4.69) is 27.9 Å². The second-order valence-corrected chi connectivity index (χ2v) is 8.68. The number of hydrogen-bond acceptors (Lipinski definition) is 5. The summed E-state index contributed by atoms with van der Waals surface area (Å²) in [5.74, 6) is -1.45. The van der Waals surface area contributed by atoms with Crippen LogP contribution in [0.1, 0.15) is 46.8 Å². The van der Waals surface area contributed by atoms with Crippen molar-refractivity contribution in [1.29, 1.82) is 0 Å². The lowest BCUT2D eigenvalue weighted by Gasteiger charge is -2.40. The minimum Gasteiger partial charge on any atom is -0.476 e. The Hall–Kier alpha value is -4.14. The predicted octanol–water partition coefficient (Wildman–Crippen LogP) is 3.52. The van der Waals surface area contributed by atoms with Crippen LogP contribution in [0.2, 0.25) is 0 Å². The van der Waals surface area contributed by atoms with E-state index in [0.717, 1.165) is 28.7 Å². The Labute approximate surface area is 195 Å². The molecule has 3 aromatic rings. The van der Waals surface area contributed by atoms with E-state index in [-0.39, 0.29) is 24.0 Å². The lowest BCUT2D eigenvalue weighted by Crippen LogP contribution is -2.61. The maximum absolute atomic E-state index is 13.0. The summed E-state index contributed by atoms with van der Waals surface area (Å²) in [4.78, 5) is 36.9. The van der Waals surface area contributed by atoms with Gasteiger partial charge in [-0.25, -0.2) is 9.59 Å². The van der Waals surface area contributed by atoms with Crippen LogP contribution in [-0.4, -0.2) is 45.0 Å². The summed E-state index contributed by atoms with van der Waals surface area (Å²) in [7, 11) is 1.54. The van der Waals surface area contributed by atoms with Crippen molar-refractivity contribution in [2.45, 2.75) is 30.7 Å². The van der Waals surface area contributed by atoms with Crippen LogP contribution in [0, 0.1) is 0 Å². The molecule has 2 aromatic carbocycles. The summed E-state index contributed by atoms with van der Waals surface area (Å²) >= 11 is 0. The number of nitrogens with zero attached hydrogens (tertiary/aromatic N) is 2. The quantitative estimate of drug-likeness (QED) is 0.517. The summed E-state index contributed by atoms with van der Waals surface area (Å²) in [6.07, 6.45) is 1.05. The molecule has 2 aliphatic carbocycles.